The lowest BCUT2D eigenvalue weighted by atomic mass is 10.1. The van der Waals surface area contributed by atoms with Crippen LogP contribution in [0.5, 0.6) is 5.75 Å². The Morgan fingerprint density at radius 2 is 2.05 bits per heavy atom. The van der Waals surface area contributed by atoms with Crippen molar-refractivity contribution in [2.45, 2.75) is 13.5 Å². The maximum atomic E-state index is 13.2. The Balaban J connectivity index is 2.22. The second-order valence-corrected chi connectivity index (χ2v) is 4.74. The van der Waals surface area contributed by atoms with E-state index in [0.717, 1.165) is 17.7 Å². The topological polar surface area (TPSA) is 46.5 Å². The zero-order valence-electron chi connectivity index (χ0n) is 10.7. The molecule has 0 bridgehead atoms. The third-order valence-electron chi connectivity index (χ3n) is 2.82. The van der Waals surface area contributed by atoms with E-state index in [4.69, 9.17) is 21.4 Å². The number of benzene rings is 2. The number of carboxylic acid groups (broad SMARTS) is 1. The molecule has 3 nitrogen and oxygen atoms in total. The fourth-order valence-electron chi connectivity index (χ4n) is 1.82. The van der Waals surface area contributed by atoms with E-state index in [-0.39, 0.29) is 17.7 Å². The zero-order chi connectivity index (χ0) is 14.7. The lowest BCUT2D eigenvalue weighted by Gasteiger charge is -2.11. The predicted molar refractivity (Wildman–Crippen MR) is 73.9 cm³/mol. The van der Waals surface area contributed by atoms with Gasteiger partial charge in [0.2, 0.25) is 0 Å². The summed E-state index contributed by atoms with van der Waals surface area (Å²) in [5.41, 5.74) is 1.13. The second kappa shape index (κ2) is 5.92. The van der Waals surface area contributed by atoms with Crippen LogP contribution in [-0.2, 0) is 6.61 Å². The van der Waals surface area contributed by atoms with Gasteiger partial charge in [-0.15, -0.1) is 0 Å². The Hall–Kier alpha value is -2.07. The van der Waals surface area contributed by atoms with Gasteiger partial charge < -0.3 is 9.84 Å². The van der Waals surface area contributed by atoms with Crippen molar-refractivity contribution < 1.29 is 19.0 Å². The molecule has 0 saturated carbocycles. The van der Waals surface area contributed by atoms with E-state index in [1.165, 1.54) is 6.07 Å². The largest absolute Gasteiger partial charge is 0.489 e. The minimum atomic E-state index is -1.11. The van der Waals surface area contributed by atoms with E-state index >= 15 is 0 Å². The van der Waals surface area contributed by atoms with E-state index in [2.05, 4.69) is 0 Å². The maximum Gasteiger partial charge on any atom is 0.336 e. The summed E-state index contributed by atoms with van der Waals surface area (Å²) in [7, 11) is 0. The molecule has 0 aliphatic heterocycles. The molecule has 5 heteroatoms. The Labute approximate surface area is 120 Å². The van der Waals surface area contributed by atoms with Gasteiger partial charge in [0.05, 0.1) is 5.56 Å². The van der Waals surface area contributed by atoms with Gasteiger partial charge in [0.1, 0.15) is 18.2 Å². The molecule has 0 aromatic heterocycles. The summed E-state index contributed by atoms with van der Waals surface area (Å²) in [6, 6.07) is 8.60. The van der Waals surface area contributed by atoms with Crippen molar-refractivity contribution in [1.82, 2.24) is 0 Å². The minimum absolute atomic E-state index is 0.0259. The maximum absolute atomic E-state index is 13.2. The zero-order valence-corrected chi connectivity index (χ0v) is 11.4. The molecule has 2 aromatic rings. The van der Waals surface area contributed by atoms with Gasteiger partial charge in [-0.1, -0.05) is 11.6 Å². The van der Waals surface area contributed by atoms with Crippen LogP contribution in [0.25, 0.3) is 0 Å². The summed E-state index contributed by atoms with van der Waals surface area (Å²) in [6.45, 7) is 1.80. The molecular formula is C15H12ClFO3. The summed E-state index contributed by atoms with van der Waals surface area (Å²) in [6.07, 6.45) is 0. The van der Waals surface area contributed by atoms with Crippen LogP contribution in [0.4, 0.5) is 4.39 Å². The summed E-state index contributed by atoms with van der Waals surface area (Å²) in [5.74, 6) is -1.03. The molecule has 1 N–H and O–H groups in total. The molecule has 0 aliphatic rings. The number of rotatable bonds is 4. The number of aromatic carboxylic acids is 1. The van der Waals surface area contributed by atoms with Crippen molar-refractivity contribution in [2.75, 3.05) is 0 Å². The highest BCUT2D eigenvalue weighted by atomic mass is 35.5. The summed E-state index contributed by atoms with van der Waals surface area (Å²) in [4.78, 5) is 11.1. The van der Waals surface area contributed by atoms with Gasteiger partial charge in [-0.2, -0.15) is 0 Å². The highest BCUT2D eigenvalue weighted by Gasteiger charge is 2.12. The van der Waals surface area contributed by atoms with Crippen molar-refractivity contribution in [3.05, 3.63) is 63.9 Å². The summed E-state index contributed by atoms with van der Waals surface area (Å²) in [5, 5.41) is 9.64. The van der Waals surface area contributed by atoms with Crippen LogP contribution in [0, 0.1) is 12.7 Å². The molecule has 0 aliphatic carbocycles. The molecule has 0 fully saturated rings. The average Bonchev–Trinajstić information content (AvgIpc) is 2.37. The van der Waals surface area contributed by atoms with Crippen LogP contribution in [0.15, 0.2) is 36.4 Å². The number of aryl methyl sites for hydroxylation is 1. The molecule has 2 rings (SSSR count). The van der Waals surface area contributed by atoms with E-state index in [1.54, 1.807) is 18.2 Å². The fraction of sp³-hybridized carbons (Fsp3) is 0.133. The number of ether oxygens (including phenoxy) is 1. The van der Waals surface area contributed by atoms with Gasteiger partial charge in [0.15, 0.2) is 0 Å². The average molecular weight is 295 g/mol. The molecule has 20 heavy (non-hydrogen) atoms. The molecule has 0 atom stereocenters. The molecule has 0 spiro atoms. The Morgan fingerprint density at radius 1 is 1.30 bits per heavy atom. The SMILES string of the molecule is Cc1cc(Cl)ccc1OCc1cc(F)ccc1C(=O)O. The van der Waals surface area contributed by atoms with Crippen molar-refractivity contribution in [2.24, 2.45) is 0 Å². The van der Waals surface area contributed by atoms with Crippen LogP contribution in [0.3, 0.4) is 0 Å². The van der Waals surface area contributed by atoms with E-state index in [1.807, 2.05) is 6.92 Å². The van der Waals surface area contributed by atoms with Crippen LogP contribution < -0.4 is 4.74 Å². The highest BCUT2D eigenvalue weighted by molar-refractivity contribution is 6.30. The first kappa shape index (κ1) is 14.3. The van der Waals surface area contributed by atoms with Crippen LogP contribution in [0.2, 0.25) is 5.02 Å². The molecule has 0 amide bonds. The molecule has 0 radical (unpaired) electrons. The Bertz CT molecular complexity index is 656. The first-order valence-electron chi connectivity index (χ1n) is 5.88. The summed E-state index contributed by atoms with van der Waals surface area (Å²) >= 11 is 5.84. The van der Waals surface area contributed by atoms with Crippen molar-refractivity contribution >= 4 is 17.6 Å². The first-order valence-corrected chi connectivity index (χ1v) is 6.26. The van der Waals surface area contributed by atoms with Gasteiger partial charge in [-0.3, -0.25) is 0 Å². The summed E-state index contributed by atoms with van der Waals surface area (Å²) < 4.78 is 18.7. The van der Waals surface area contributed by atoms with E-state index in [9.17, 15) is 9.18 Å². The quantitative estimate of drug-likeness (QED) is 0.925. The molecular weight excluding hydrogens is 283 g/mol. The first-order chi connectivity index (χ1) is 9.47. The molecule has 0 heterocycles. The third kappa shape index (κ3) is 3.27. The third-order valence-corrected chi connectivity index (χ3v) is 3.05. The minimum Gasteiger partial charge on any atom is -0.489 e. The normalized spacial score (nSPS) is 10.3. The van der Waals surface area contributed by atoms with Crippen LogP contribution in [-0.4, -0.2) is 11.1 Å². The van der Waals surface area contributed by atoms with Crippen LogP contribution >= 0.6 is 11.6 Å². The second-order valence-electron chi connectivity index (χ2n) is 4.31. The smallest absolute Gasteiger partial charge is 0.336 e. The van der Waals surface area contributed by atoms with Gasteiger partial charge in [0, 0.05) is 10.6 Å². The monoisotopic (exact) mass is 294 g/mol. The number of halogens is 2. The highest BCUT2D eigenvalue weighted by Crippen LogP contribution is 2.23. The van der Waals surface area contributed by atoms with E-state index < -0.39 is 11.8 Å². The number of carbonyl (C=O) groups is 1. The number of carboxylic acids is 1. The van der Waals surface area contributed by atoms with Crippen molar-refractivity contribution in [3.63, 3.8) is 0 Å². The number of hydrogen-bond donors (Lipinski definition) is 1. The lowest BCUT2D eigenvalue weighted by molar-refractivity contribution is 0.0694. The molecule has 0 unspecified atom stereocenters. The van der Waals surface area contributed by atoms with Crippen molar-refractivity contribution in [1.29, 1.82) is 0 Å². The van der Waals surface area contributed by atoms with Gasteiger partial charge >= 0.3 is 5.97 Å². The Morgan fingerprint density at radius 3 is 2.70 bits per heavy atom. The van der Waals surface area contributed by atoms with Gasteiger partial charge in [0.25, 0.3) is 0 Å². The van der Waals surface area contributed by atoms with Crippen molar-refractivity contribution in [3.8, 4) is 5.75 Å². The fourth-order valence-corrected chi connectivity index (χ4v) is 2.05. The molecule has 0 saturated heterocycles. The molecule has 2 aromatic carbocycles. The van der Waals surface area contributed by atoms with Crippen LogP contribution in [0.1, 0.15) is 21.5 Å². The van der Waals surface area contributed by atoms with E-state index in [0.29, 0.717) is 10.8 Å². The number of hydrogen-bond acceptors (Lipinski definition) is 2. The lowest BCUT2D eigenvalue weighted by Crippen LogP contribution is -2.06. The standard InChI is InChI=1S/C15H12ClFO3/c1-9-6-11(16)2-5-14(9)20-8-10-7-12(17)3-4-13(10)15(18)19/h2-7H,8H2,1H3,(H,18,19). The Kier molecular flexibility index (Phi) is 4.25. The van der Waals surface area contributed by atoms with Gasteiger partial charge in [-0.05, 0) is 48.9 Å². The predicted octanol–water partition coefficient (Wildman–Crippen LogP) is 4.06. The van der Waals surface area contributed by atoms with Gasteiger partial charge in [-0.25, -0.2) is 9.18 Å². The molecule has 104 valence electrons.